The number of carbonyl (C=O) groups excluding carboxylic acids is 2. The molecule has 43 heavy (non-hydrogen) atoms. The number of esters is 1. The summed E-state index contributed by atoms with van der Waals surface area (Å²) in [7, 11) is -3.99. The molecule has 1 aliphatic carbocycles. The number of aryl methyl sites for hydroxylation is 1. The zero-order chi connectivity index (χ0) is 30.4. The second kappa shape index (κ2) is 13.1. The lowest BCUT2D eigenvalue weighted by molar-refractivity contribution is -0.143. The molecular formula is C34H33NO7S. The Labute approximate surface area is 251 Å². The molecule has 1 amide bonds. The summed E-state index contributed by atoms with van der Waals surface area (Å²) in [5.74, 6) is -0.392. The van der Waals surface area contributed by atoms with Crippen molar-refractivity contribution in [2.45, 2.75) is 43.5 Å². The van der Waals surface area contributed by atoms with Gasteiger partial charge in [0, 0.05) is 12.0 Å². The van der Waals surface area contributed by atoms with Crippen LogP contribution in [0, 0.1) is 6.92 Å². The minimum Gasteiger partial charge on any atom is -0.466 e. The van der Waals surface area contributed by atoms with Crippen molar-refractivity contribution in [3.63, 3.8) is 0 Å². The van der Waals surface area contributed by atoms with Crippen LogP contribution < -0.4 is 9.50 Å². The molecule has 222 valence electrons. The fraction of sp³-hybridized carbons (Fsp3) is 0.235. The number of alkyl carbamates (subject to hydrolysis) is 1. The summed E-state index contributed by atoms with van der Waals surface area (Å²) in [6, 6.07) is 28.4. The average molecular weight is 600 g/mol. The predicted octanol–water partition coefficient (Wildman–Crippen LogP) is 6.17. The van der Waals surface area contributed by atoms with Crippen molar-refractivity contribution in [3.8, 4) is 16.9 Å². The third-order valence-corrected chi connectivity index (χ3v) is 8.57. The number of fused-ring (bicyclic) bond motifs is 3. The van der Waals surface area contributed by atoms with E-state index in [0.717, 1.165) is 33.4 Å². The van der Waals surface area contributed by atoms with Crippen LogP contribution in [0.1, 0.15) is 41.5 Å². The topological polar surface area (TPSA) is 108 Å². The highest BCUT2D eigenvalue weighted by Gasteiger charge is 2.29. The monoisotopic (exact) mass is 599 g/mol. The van der Waals surface area contributed by atoms with Gasteiger partial charge in [0.15, 0.2) is 0 Å². The molecule has 0 heterocycles. The van der Waals surface area contributed by atoms with Gasteiger partial charge >= 0.3 is 22.2 Å². The van der Waals surface area contributed by atoms with Gasteiger partial charge in [-0.25, -0.2) is 4.79 Å². The smallest absolute Gasteiger partial charge is 0.407 e. The number of ether oxygens (including phenoxy) is 2. The highest BCUT2D eigenvalue weighted by molar-refractivity contribution is 7.87. The van der Waals surface area contributed by atoms with Crippen LogP contribution in [-0.2, 0) is 30.8 Å². The lowest BCUT2D eigenvalue weighted by Crippen LogP contribution is -2.39. The summed E-state index contributed by atoms with van der Waals surface area (Å²) in [4.78, 5) is 25.3. The Morgan fingerprint density at radius 1 is 0.814 bits per heavy atom. The van der Waals surface area contributed by atoms with E-state index in [4.69, 9.17) is 13.7 Å². The molecule has 0 aromatic heterocycles. The van der Waals surface area contributed by atoms with E-state index in [1.807, 2.05) is 43.3 Å². The number of hydrogen-bond acceptors (Lipinski definition) is 7. The first-order chi connectivity index (χ1) is 20.7. The lowest BCUT2D eigenvalue weighted by atomic mass is 9.98. The normalized spacial score (nSPS) is 13.0. The Kier molecular flexibility index (Phi) is 9.11. The third-order valence-electron chi connectivity index (χ3n) is 7.31. The molecule has 0 aliphatic heterocycles. The average Bonchev–Trinajstić information content (AvgIpc) is 3.31. The molecule has 1 atom stereocenters. The first-order valence-electron chi connectivity index (χ1n) is 14.1. The van der Waals surface area contributed by atoms with Crippen LogP contribution in [0.3, 0.4) is 0 Å². The molecule has 0 bridgehead atoms. The number of amides is 1. The Bertz CT molecular complexity index is 1650. The third kappa shape index (κ3) is 7.24. The van der Waals surface area contributed by atoms with Gasteiger partial charge in [-0.1, -0.05) is 78.4 Å². The van der Waals surface area contributed by atoms with Crippen LogP contribution in [0.2, 0.25) is 0 Å². The second-order valence-corrected chi connectivity index (χ2v) is 11.9. The fourth-order valence-electron chi connectivity index (χ4n) is 5.25. The Hall–Kier alpha value is -4.63. The van der Waals surface area contributed by atoms with Gasteiger partial charge in [-0.15, -0.1) is 0 Å². The maximum absolute atomic E-state index is 13.0. The zero-order valence-corrected chi connectivity index (χ0v) is 24.8. The van der Waals surface area contributed by atoms with Gasteiger partial charge in [-0.2, -0.15) is 8.42 Å². The molecule has 5 rings (SSSR count). The number of nitrogens with one attached hydrogen (secondary N) is 1. The highest BCUT2D eigenvalue weighted by atomic mass is 32.2. The number of hydrogen-bond donors (Lipinski definition) is 1. The van der Waals surface area contributed by atoms with E-state index in [-0.39, 0.29) is 42.6 Å². The summed E-state index contributed by atoms with van der Waals surface area (Å²) in [5.41, 5.74) is 6.16. The molecule has 0 spiro atoms. The van der Waals surface area contributed by atoms with Crippen molar-refractivity contribution in [1.82, 2.24) is 5.32 Å². The first-order valence-corrected chi connectivity index (χ1v) is 15.5. The first kappa shape index (κ1) is 29.8. The van der Waals surface area contributed by atoms with Crippen LogP contribution in [0.4, 0.5) is 4.79 Å². The SMILES string of the molecule is CCOC(=O)CC(Cc1ccc(OS(=O)(=O)c2ccc(C)cc2)cc1)NC(=O)OCC1c2ccccc2-c2ccccc21. The second-order valence-electron chi connectivity index (χ2n) is 10.4. The molecule has 4 aromatic carbocycles. The minimum absolute atomic E-state index is 0.0575. The van der Waals surface area contributed by atoms with E-state index < -0.39 is 28.2 Å². The zero-order valence-electron chi connectivity index (χ0n) is 24.0. The lowest BCUT2D eigenvalue weighted by Gasteiger charge is -2.20. The maximum Gasteiger partial charge on any atom is 0.407 e. The van der Waals surface area contributed by atoms with Crippen molar-refractivity contribution < 1.29 is 31.7 Å². The van der Waals surface area contributed by atoms with Crippen LogP contribution in [-0.4, -0.2) is 39.7 Å². The van der Waals surface area contributed by atoms with E-state index in [2.05, 4.69) is 17.4 Å². The van der Waals surface area contributed by atoms with Gasteiger partial charge in [0.1, 0.15) is 17.3 Å². The Morgan fingerprint density at radius 3 is 2.02 bits per heavy atom. The quantitative estimate of drug-likeness (QED) is 0.162. The summed E-state index contributed by atoms with van der Waals surface area (Å²) < 4.78 is 41.4. The van der Waals surface area contributed by atoms with Crippen molar-refractivity contribution >= 4 is 22.2 Å². The molecule has 0 radical (unpaired) electrons. The molecule has 1 N–H and O–H groups in total. The standard InChI is InChI=1S/C34H33NO7S/c1-3-40-33(36)21-25(20-24-14-16-26(17-15-24)42-43(38,39)27-18-12-23(2)13-19-27)35-34(37)41-22-32-30-10-6-4-8-28(30)29-9-5-7-11-31(29)32/h4-19,25,32H,3,20-22H2,1-2H3,(H,35,37). The molecule has 0 saturated carbocycles. The van der Waals surface area contributed by atoms with E-state index >= 15 is 0 Å². The molecule has 1 unspecified atom stereocenters. The molecule has 9 heteroatoms. The van der Waals surface area contributed by atoms with Gasteiger partial charge in [-0.3, -0.25) is 4.79 Å². The van der Waals surface area contributed by atoms with Gasteiger partial charge in [0.25, 0.3) is 0 Å². The minimum atomic E-state index is -3.99. The molecule has 8 nitrogen and oxygen atoms in total. The van der Waals surface area contributed by atoms with E-state index in [0.29, 0.717) is 0 Å². The van der Waals surface area contributed by atoms with E-state index in [9.17, 15) is 18.0 Å². The molecule has 4 aromatic rings. The molecular weight excluding hydrogens is 566 g/mol. The summed E-state index contributed by atoms with van der Waals surface area (Å²) >= 11 is 0. The van der Waals surface area contributed by atoms with Crippen LogP contribution >= 0.6 is 0 Å². The van der Waals surface area contributed by atoms with Crippen molar-refractivity contribution in [2.75, 3.05) is 13.2 Å². The van der Waals surface area contributed by atoms with Crippen molar-refractivity contribution in [1.29, 1.82) is 0 Å². The van der Waals surface area contributed by atoms with Gasteiger partial charge < -0.3 is 19.0 Å². The van der Waals surface area contributed by atoms with Crippen LogP contribution in [0.5, 0.6) is 5.75 Å². The molecule has 1 aliphatic rings. The summed E-state index contributed by atoms with van der Waals surface area (Å²) in [5, 5.41) is 2.82. The van der Waals surface area contributed by atoms with Gasteiger partial charge in [-0.05, 0) is 72.4 Å². The van der Waals surface area contributed by atoms with E-state index in [1.165, 1.54) is 24.3 Å². The number of benzene rings is 4. The number of rotatable bonds is 11. The molecule has 0 saturated heterocycles. The highest BCUT2D eigenvalue weighted by Crippen LogP contribution is 2.44. The predicted molar refractivity (Wildman–Crippen MR) is 162 cm³/mol. The van der Waals surface area contributed by atoms with E-state index in [1.54, 1.807) is 31.2 Å². The van der Waals surface area contributed by atoms with Crippen LogP contribution in [0.15, 0.2) is 102 Å². The largest absolute Gasteiger partial charge is 0.466 e. The fourth-order valence-corrected chi connectivity index (χ4v) is 6.18. The Morgan fingerprint density at radius 2 is 1.42 bits per heavy atom. The van der Waals surface area contributed by atoms with Gasteiger partial charge in [0.05, 0.1) is 13.0 Å². The van der Waals surface area contributed by atoms with Crippen LogP contribution in [0.25, 0.3) is 11.1 Å². The summed E-state index contributed by atoms with van der Waals surface area (Å²) in [6.07, 6.45) is -0.410. The molecule has 0 fully saturated rings. The summed E-state index contributed by atoms with van der Waals surface area (Å²) in [6.45, 7) is 3.95. The van der Waals surface area contributed by atoms with Crippen molar-refractivity contribution in [2.24, 2.45) is 0 Å². The van der Waals surface area contributed by atoms with Crippen molar-refractivity contribution in [3.05, 3.63) is 119 Å². The maximum atomic E-state index is 13.0. The number of carbonyl (C=O) groups is 2. The Balaban J connectivity index is 1.23. The van der Waals surface area contributed by atoms with Gasteiger partial charge in [0.2, 0.25) is 0 Å².